The van der Waals surface area contributed by atoms with Gasteiger partial charge < -0.3 is 20.0 Å². The molecule has 9 heteroatoms. The van der Waals surface area contributed by atoms with E-state index in [-0.39, 0.29) is 23.7 Å². The van der Waals surface area contributed by atoms with Gasteiger partial charge >= 0.3 is 11.8 Å². The van der Waals surface area contributed by atoms with E-state index >= 15 is 0 Å². The molecule has 0 saturated carbocycles. The van der Waals surface area contributed by atoms with Crippen molar-refractivity contribution in [1.29, 1.82) is 0 Å². The third-order valence-corrected chi connectivity index (χ3v) is 3.97. The average Bonchev–Trinajstić information content (AvgIpc) is 2.58. The molecule has 1 aliphatic rings. The normalized spacial score (nSPS) is 15.2. The van der Waals surface area contributed by atoms with Gasteiger partial charge in [-0.1, -0.05) is 18.2 Å². The molecule has 9 nitrogen and oxygen atoms in total. The summed E-state index contributed by atoms with van der Waals surface area (Å²) in [7, 11) is 0. The number of fused-ring (bicyclic) bond motifs is 1. The molecule has 1 aromatic heterocycles. The molecule has 134 valence electrons. The van der Waals surface area contributed by atoms with Crippen LogP contribution in [0, 0.1) is 10.1 Å². The highest BCUT2D eigenvalue weighted by Gasteiger charge is 2.44. The first-order valence-corrected chi connectivity index (χ1v) is 7.68. The number of nitrogens with zero attached hydrogens (tertiary/aromatic N) is 3. The van der Waals surface area contributed by atoms with Gasteiger partial charge in [0.05, 0.1) is 12.1 Å². The number of nitro groups is 1. The second-order valence-electron chi connectivity index (χ2n) is 6.21. The number of hydrogen-bond acceptors (Lipinski definition) is 6. The summed E-state index contributed by atoms with van der Waals surface area (Å²) in [4.78, 5) is 39.7. The van der Waals surface area contributed by atoms with E-state index < -0.39 is 28.2 Å². The Kier molecular flexibility index (Phi) is 4.07. The Morgan fingerprint density at radius 3 is 2.65 bits per heavy atom. The van der Waals surface area contributed by atoms with Crippen LogP contribution in [-0.4, -0.2) is 32.5 Å². The zero-order chi connectivity index (χ0) is 19.1. The molecule has 0 saturated heterocycles. The van der Waals surface area contributed by atoms with Gasteiger partial charge in [0.2, 0.25) is 0 Å². The number of carboxylic acid groups (broad SMARTS) is 1. The van der Waals surface area contributed by atoms with Crippen molar-refractivity contribution in [2.24, 2.45) is 0 Å². The number of amides is 1. The quantitative estimate of drug-likeness (QED) is 0.658. The minimum atomic E-state index is -1.22. The Balaban J connectivity index is 2.11. The lowest BCUT2D eigenvalue weighted by Gasteiger charge is -2.36. The third-order valence-electron chi connectivity index (χ3n) is 3.97. The summed E-state index contributed by atoms with van der Waals surface area (Å²) < 4.78 is 5.62. The second kappa shape index (κ2) is 6.10. The first kappa shape index (κ1) is 17.3. The molecule has 0 fully saturated rings. The van der Waals surface area contributed by atoms with Gasteiger partial charge in [0.25, 0.3) is 11.7 Å². The number of ether oxygens (including phenoxy) is 1. The lowest BCUT2D eigenvalue weighted by atomic mass is 10.0. The number of pyridine rings is 1. The maximum atomic E-state index is 12.8. The summed E-state index contributed by atoms with van der Waals surface area (Å²) in [6.45, 7) is 3.03. The number of hydrogen-bond donors (Lipinski definition) is 1. The molecule has 3 rings (SSSR count). The molecule has 0 aliphatic carbocycles. The minimum absolute atomic E-state index is 0.0104. The lowest BCUT2D eigenvalue weighted by molar-refractivity contribution is -0.389. The van der Waals surface area contributed by atoms with Gasteiger partial charge in [-0.05, 0) is 41.5 Å². The smallest absolute Gasteiger partial charge is 0.366 e. The zero-order valence-corrected chi connectivity index (χ0v) is 14.0. The van der Waals surface area contributed by atoms with Crippen LogP contribution in [0.2, 0.25) is 0 Å². The Morgan fingerprint density at radius 2 is 2.00 bits per heavy atom. The highest BCUT2D eigenvalue weighted by atomic mass is 16.6. The maximum absolute atomic E-state index is 12.8. The summed E-state index contributed by atoms with van der Waals surface area (Å²) in [6.07, 6.45) is 0. The van der Waals surface area contributed by atoms with Crippen LogP contribution in [0.4, 0.5) is 11.6 Å². The van der Waals surface area contributed by atoms with Gasteiger partial charge in [-0.15, -0.1) is 0 Å². The number of carbonyl (C=O) groups is 2. The molecule has 2 heterocycles. The highest BCUT2D eigenvalue weighted by molar-refractivity contribution is 6.01. The molecule has 1 aromatic carbocycles. The Bertz CT molecular complexity index is 924. The number of anilines is 1. The Morgan fingerprint density at radius 1 is 1.31 bits per heavy atom. The summed E-state index contributed by atoms with van der Waals surface area (Å²) in [5.74, 6) is -1.83. The first-order chi connectivity index (χ1) is 12.2. The number of aromatic carboxylic acids is 1. The Hall–Kier alpha value is -3.49. The maximum Gasteiger partial charge on any atom is 0.366 e. The van der Waals surface area contributed by atoms with Crippen LogP contribution in [0.3, 0.4) is 0 Å². The van der Waals surface area contributed by atoms with Crippen molar-refractivity contribution < 1.29 is 24.4 Å². The van der Waals surface area contributed by atoms with Crippen LogP contribution in [-0.2, 0) is 11.3 Å². The van der Waals surface area contributed by atoms with Gasteiger partial charge in [0, 0.05) is 6.07 Å². The highest BCUT2D eigenvalue weighted by Crippen LogP contribution is 2.38. The van der Waals surface area contributed by atoms with E-state index in [1.54, 1.807) is 32.0 Å². The van der Waals surface area contributed by atoms with Crippen LogP contribution < -0.4 is 9.64 Å². The van der Waals surface area contributed by atoms with Crippen molar-refractivity contribution in [2.75, 3.05) is 4.90 Å². The third kappa shape index (κ3) is 2.94. The SMILES string of the molecule is CC1(C)Oc2ccc([N+](=O)[O-])nc2N(Cc2ccccc2C(=O)O)C1=O. The number of aromatic nitrogens is 1. The Labute approximate surface area is 148 Å². The molecule has 0 radical (unpaired) electrons. The molecule has 1 N–H and O–H groups in total. The van der Waals surface area contributed by atoms with Crippen LogP contribution in [0.15, 0.2) is 36.4 Å². The van der Waals surface area contributed by atoms with E-state index in [2.05, 4.69) is 4.98 Å². The van der Waals surface area contributed by atoms with Crippen molar-refractivity contribution in [2.45, 2.75) is 26.0 Å². The van der Waals surface area contributed by atoms with E-state index in [1.165, 1.54) is 23.1 Å². The molecule has 0 bridgehead atoms. The van der Waals surface area contributed by atoms with E-state index in [0.717, 1.165) is 0 Å². The topological polar surface area (TPSA) is 123 Å². The molecule has 0 spiro atoms. The molecule has 1 aliphatic heterocycles. The molecule has 2 aromatic rings. The van der Waals surface area contributed by atoms with Crippen molar-refractivity contribution in [3.8, 4) is 5.75 Å². The monoisotopic (exact) mass is 357 g/mol. The summed E-state index contributed by atoms with van der Waals surface area (Å²) in [5.41, 5.74) is -0.801. The standard InChI is InChI=1S/C17H15N3O6/c1-17(2)16(23)19(9-10-5-3-4-6-11(10)15(21)22)14-12(26-17)7-8-13(18-14)20(24)25/h3-8H,9H2,1-2H3,(H,21,22). The van der Waals surface area contributed by atoms with Crippen LogP contribution in [0.1, 0.15) is 29.8 Å². The summed E-state index contributed by atoms with van der Waals surface area (Å²) in [5, 5.41) is 20.4. The fraction of sp³-hybridized carbons (Fsp3) is 0.235. The van der Waals surface area contributed by atoms with Crippen LogP contribution in [0.25, 0.3) is 0 Å². The molecule has 1 amide bonds. The van der Waals surface area contributed by atoms with Crippen LogP contribution >= 0.6 is 0 Å². The van der Waals surface area contributed by atoms with E-state index in [4.69, 9.17) is 4.74 Å². The van der Waals surface area contributed by atoms with E-state index in [0.29, 0.717) is 5.56 Å². The molecule has 0 atom stereocenters. The van der Waals surface area contributed by atoms with Crippen molar-refractivity contribution >= 4 is 23.5 Å². The predicted octanol–water partition coefficient (Wildman–Crippen LogP) is 2.39. The van der Waals surface area contributed by atoms with Gasteiger partial charge in [-0.25, -0.2) is 4.79 Å². The number of rotatable bonds is 4. The molecular weight excluding hydrogens is 342 g/mol. The van der Waals surface area contributed by atoms with Gasteiger partial charge in [-0.2, -0.15) is 0 Å². The van der Waals surface area contributed by atoms with Gasteiger partial charge in [0.1, 0.15) is 0 Å². The summed E-state index contributed by atoms with van der Waals surface area (Å²) >= 11 is 0. The second-order valence-corrected chi connectivity index (χ2v) is 6.21. The van der Waals surface area contributed by atoms with E-state index in [1.807, 2.05) is 0 Å². The van der Waals surface area contributed by atoms with E-state index in [9.17, 15) is 24.8 Å². The number of carbonyl (C=O) groups excluding carboxylic acids is 1. The van der Waals surface area contributed by atoms with Crippen molar-refractivity contribution in [3.05, 3.63) is 57.6 Å². The van der Waals surface area contributed by atoms with Crippen molar-refractivity contribution in [1.82, 2.24) is 4.98 Å². The lowest BCUT2D eigenvalue weighted by Crippen LogP contribution is -2.52. The molecule has 26 heavy (non-hydrogen) atoms. The van der Waals surface area contributed by atoms with Gasteiger partial charge in [-0.3, -0.25) is 9.69 Å². The van der Waals surface area contributed by atoms with Crippen LogP contribution in [0.5, 0.6) is 5.75 Å². The first-order valence-electron chi connectivity index (χ1n) is 7.68. The molecular formula is C17H15N3O6. The minimum Gasteiger partial charge on any atom is -0.478 e. The fourth-order valence-electron chi connectivity index (χ4n) is 2.72. The van der Waals surface area contributed by atoms with Crippen molar-refractivity contribution in [3.63, 3.8) is 0 Å². The van der Waals surface area contributed by atoms with Gasteiger partial charge in [0.15, 0.2) is 11.4 Å². The number of carboxylic acids is 1. The zero-order valence-electron chi connectivity index (χ0n) is 14.0. The molecule has 0 unspecified atom stereocenters. The predicted molar refractivity (Wildman–Crippen MR) is 90.2 cm³/mol. The largest absolute Gasteiger partial charge is 0.478 e. The summed E-state index contributed by atoms with van der Waals surface area (Å²) in [6, 6.07) is 8.80. The average molecular weight is 357 g/mol. The fourth-order valence-corrected chi connectivity index (χ4v) is 2.72. The number of benzene rings is 1.